The molecule has 0 aromatic rings. The molecule has 0 amide bonds. The van der Waals surface area contributed by atoms with Crippen molar-refractivity contribution in [2.75, 3.05) is 0 Å². The molecular formula is C13H18O3. The van der Waals surface area contributed by atoms with E-state index in [-0.39, 0.29) is 11.0 Å². The van der Waals surface area contributed by atoms with Gasteiger partial charge in [0.1, 0.15) is 5.60 Å². The summed E-state index contributed by atoms with van der Waals surface area (Å²) in [6.45, 7) is 0. The van der Waals surface area contributed by atoms with Crippen LogP contribution in [0.4, 0.5) is 0 Å². The third-order valence-corrected chi connectivity index (χ3v) is 5.78. The summed E-state index contributed by atoms with van der Waals surface area (Å²) >= 11 is 0. The summed E-state index contributed by atoms with van der Waals surface area (Å²) in [6, 6.07) is 0. The van der Waals surface area contributed by atoms with E-state index in [1.54, 1.807) is 0 Å². The van der Waals surface area contributed by atoms with Gasteiger partial charge in [0, 0.05) is 11.8 Å². The molecule has 88 valence electrons. The Bertz CT molecular complexity index is 358. The van der Waals surface area contributed by atoms with Gasteiger partial charge in [0.15, 0.2) is 11.4 Å². The first kappa shape index (κ1) is 9.60. The van der Waals surface area contributed by atoms with Gasteiger partial charge in [-0.25, -0.2) is 9.78 Å². The molecule has 4 fully saturated rings. The number of hydrogen-bond donors (Lipinski definition) is 0. The molecular weight excluding hydrogens is 204 g/mol. The first-order valence-corrected chi connectivity index (χ1v) is 6.65. The normalized spacial score (nSPS) is 48.9. The molecule has 1 spiro atoms. The van der Waals surface area contributed by atoms with Crippen molar-refractivity contribution in [2.45, 2.75) is 69.0 Å². The van der Waals surface area contributed by atoms with E-state index in [2.05, 4.69) is 0 Å². The summed E-state index contributed by atoms with van der Waals surface area (Å²) in [7, 11) is 0. The van der Waals surface area contributed by atoms with E-state index >= 15 is 0 Å². The molecule has 0 aromatic carbocycles. The highest BCUT2D eigenvalue weighted by molar-refractivity contribution is 5.93. The molecule has 3 aliphatic carbocycles. The number of hydrogen-bond acceptors (Lipinski definition) is 3. The van der Waals surface area contributed by atoms with E-state index in [9.17, 15) is 4.79 Å². The van der Waals surface area contributed by atoms with E-state index in [1.807, 2.05) is 0 Å². The molecule has 1 saturated heterocycles. The van der Waals surface area contributed by atoms with Gasteiger partial charge in [0.25, 0.3) is 0 Å². The third kappa shape index (κ3) is 0.750. The Balaban J connectivity index is 1.80. The van der Waals surface area contributed by atoms with Crippen LogP contribution >= 0.6 is 0 Å². The van der Waals surface area contributed by atoms with Crippen molar-refractivity contribution in [3.05, 3.63) is 0 Å². The van der Waals surface area contributed by atoms with Crippen LogP contribution in [0.3, 0.4) is 0 Å². The maximum Gasteiger partial charge on any atom is 0.170 e. The monoisotopic (exact) mass is 222 g/mol. The van der Waals surface area contributed by atoms with Gasteiger partial charge in [-0.2, -0.15) is 0 Å². The van der Waals surface area contributed by atoms with Crippen LogP contribution < -0.4 is 0 Å². The van der Waals surface area contributed by atoms with Gasteiger partial charge in [-0.3, -0.25) is 4.79 Å². The summed E-state index contributed by atoms with van der Waals surface area (Å²) in [5.74, 6) is 0.307. The Kier molecular flexibility index (Phi) is 1.62. The van der Waals surface area contributed by atoms with Crippen LogP contribution in [-0.4, -0.2) is 17.0 Å². The zero-order valence-electron chi connectivity index (χ0n) is 9.59. The van der Waals surface area contributed by atoms with Gasteiger partial charge < -0.3 is 0 Å². The largest absolute Gasteiger partial charge is 0.296 e. The maximum absolute atomic E-state index is 12.1. The van der Waals surface area contributed by atoms with Crippen molar-refractivity contribution in [2.24, 2.45) is 5.41 Å². The van der Waals surface area contributed by atoms with Gasteiger partial charge in [0.05, 0.1) is 0 Å². The fourth-order valence-electron chi connectivity index (χ4n) is 4.82. The smallest absolute Gasteiger partial charge is 0.170 e. The first-order valence-electron chi connectivity index (χ1n) is 6.65. The standard InChI is InChI=1S/C13H18O3/c14-10-4-7-11-8-9-13(10,11)16-15-12(11)5-2-1-3-6-12/h1-9H2/t11-,13+/m1/s1. The average molecular weight is 222 g/mol. The Morgan fingerprint density at radius 3 is 2.38 bits per heavy atom. The highest BCUT2D eigenvalue weighted by Gasteiger charge is 2.80. The minimum Gasteiger partial charge on any atom is -0.296 e. The summed E-state index contributed by atoms with van der Waals surface area (Å²) in [5, 5.41) is 0. The number of ketones is 1. The second-order valence-corrected chi connectivity index (χ2v) is 6.05. The molecule has 3 heteroatoms. The van der Waals surface area contributed by atoms with Crippen molar-refractivity contribution in [1.29, 1.82) is 0 Å². The quantitative estimate of drug-likeness (QED) is 0.591. The van der Waals surface area contributed by atoms with Crippen LogP contribution in [0.1, 0.15) is 57.8 Å². The van der Waals surface area contributed by atoms with Crippen molar-refractivity contribution in [3.8, 4) is 0 Å². The third-order valence-electron chi connectivity index (χ3n) is 5.78. The minimum atomic E-state index is -0.510. The second kappa shape index (κ2) is 2.70. The maximum atomic E-state index is 12.1. The average Bonchev–Trinajstić information content (AvgIpc) is 2.56. The number of carbonyl (C=O) groups excluding carboxylic acids is 1. The molecule has 16 heavy (non-hydrogen) atoms. The van der Waals surface area contributed by atoms with Crippen LogP contribution in [0.5, 0.6) is 0 Å². The number of carbonyl (C=O) groups is 1. The molecule has 0 radical (unpaired) electrons. The lowest BCUT2D eigenvalue weighted by Crippen LogP contribution is -2.62. The van der Waals surface area contributed by atoms with Crippen LogP contribution in [0.2, 0.25) is 0 Å². The lowest BCUT2D eigenvalue weighted by Gasteiger charge is -2.53. The molecule has 4 rings (SSSR count). The van der Waals surface area contributed by atoms with E-state index in [4.69, 9.17) is 9.78 Å². The first-order chi connectivity index (χ1) is 7.75. The van der Waals surface area contributed by atoms with Gasteiger partial charge in [-0.15, -0.1) is 0 Å². The lowest BCUT2D eigenvalue weighted by atomic mass is 9.49. The number of Topliss-reactive ketones (excluding diaryl/α,β-unsaturated/α-hetero) is 1. The molecule has 0 unspecified atom stereocenters. The fraction of sp³-hybridized carbons (Fsp3) is 0.923. The molecule has 1 heterocycles. The van der Waals surface area contributed by atoms with Gasteiger partial charge in [-0.05, 0) is 32.1 Å². The van der Waals surface area contributed by atoms with E-state index < -0.39 is 5.60 Å². The molecule has 0 aromatic heterocycles. The molecule has 0 bridgehead atoms. The highest BCUT2D eigenvalue weighted by Crippen LogP contribution is 2.73. The van der Waals surface area contributed by atoms with Gasteiger partial charge in [-0.1, -0.05) is 19.3 Å². The van der Waals surface area contributed by atoms with E-state index in [0.29, 0.717) is 12.2 Å². The Labute approximate surface area is 95.4 Å². The molecule has 2 atom stereocenters. The fourth-order valence-corrected chi connectivity index (χ4v) is 4.82. The summed E-state index contributed by atoms with van der Waals surface area (Å²) in [4.78, 5) is 23.4. The summed E-state index contributed by atoms with van der Waals surface area (Å²) in [5.41, 5.74) is -0.544. The highest BCUT2D eigenvalue weighted by atomic mass is 17.2. The van der Waals surface area contributed by atoms with E-state index in [1.165, 1.54) is 19.3 Å². The van der Waals surface area contributed by atoms with Crippen molar-refractivity contribution >= 4 is 5.78 Å². The molecule has 0 N–H and O–H groups in total. The van der Waals surface area contributed by atoms with Crippen LogP contribution in [-0.2, 0) is 14.6 Å². The van der Waals surface area contributed by atoms with Crippen LogP contribution in [0.25, 0.3) is 0 Å². The predicted molar refractivity (Wildman–Crippen MR) is 56.6 cm³/mol. The lowest BCUT2D eigenvalue weighted by molar-refractivity contribution is -0.346. The zero-order valence-corrected chi connectivity index (χ0v) is 9.59. The zero-order chi connectivity index (χ0) is 10.9. The van der Waals surface area contributed by atoms with Gasteiger partial charge in [0.2, 0.25) is 0 Å². The molecule has 3 saturated carbocycles. The Morgan fingerprint density at radius 1 is 0.875 bits per heavy atom. The van der Waals surface area contributed by atoms with E-state index in [0.717, 1.165) is 32.1 Å². The molecule has 3 nitrogen and oxygen atoms in total. The summed E-state index contributed by atoms with van der Waals surface area (Å²) < 4.78 is 0. The Morgan fingerprint density at radius 2 is 1.69 bits per heavy atom. The predicted octanol–water partition coefficient (Wildman–Crippen LogP) is 2.53. The van der Waals surface area contributed by atoms with Crippen LogP contribution in [0, 0.1) is 5.41 Å². The minimum absolute atomic E-state index is 0.0670. The SMILES string of the molecule is O=C1CC[C@]23CC[C@]12OOC31CCCCC1. The van der Waals surface area contributed by atoms with Crippen LogP contribution in [0.15, 0.2) is 0 Å². The summed E-state index contributed by atoms with van der Waals surface area (Å²) in [6.07, 6.45) is 9.72. The van der Waals surface area contributed by atoms with Crippen molar-refractivity contribution < 1.29 is 14.6 Å². The molecule has 4 aliphatic rings. The molecule has 1 aliphatic heterocycles. The van der Waals surface area contributed by atoms with Gasteiger partial charge >= 0.3 is 0 Å². The topological polar surface area (TPSA) is 35.5 Å². The number of rotatable bonds is 0. The second-order valence-electron chi connectivity index (χ2n) is 6.05. The Hall–Kier alpha value is -0.410. The van der Waals surface area contributed by atoms with Crippen molar-refractivity contribution in [3.63, 3.8) is 0 Å². The van der Waals surface area contributed by atoms with Crippen molar-refractivity contribution in [1.82, 2.24) is 0 Å².